The minimum absolute atomic E-state index is 0.0788. The van der Waals surface area contributed by atoms with E-state index in [1.165, 1.54) is 0 Å². The van der Waals surface area contributed by atoms with Gasteiger partial charge in [0.15, 0.2) is 0 Å². The van der Waals surface area contributed by atoms with Crippen molar-refractivity contribution in [2.45, 2.75) is 25.7 Å². The Morgan fingerprint density at radius 3 is 2.32 bits per heavy atom. The Morgan fingerprint density at radius 1 is 0.880 bits per heavy atom. The molecule has 130 valence electrons. The topological polar surface area (TPSA) is 61.4 Å². The minimum atomic E-state index is -0.154. The van der Waals surface area contributed by atoms with Gasteiger partial charge in [0, 0.05) is 30.0 Å². The Labute approximate surface area is 148 Å². The van der Waals surface area contributed by atoms with E-state index >= 15 is 0 Å². The molecule has 0 saturated carbocycles. The summed E-state index contributed by atoms with van der Waals surface area (Å²) in [7, 11) is 0. The Morgan fingerprint density at radius 2 is 1.56 bits per heavy atom. The number of nitrogens with one attached hydrogen (secondary N) is 2. The highest BCUT2D eigenvalue weighted by Crippen LogP contribution is 2.19. The van der Waals surface area contributed by atoms with E-state index in [1.807, 2.05) is 54.6 Å². The predicted molar refractivity (Wildman–Crippen MR) is 99.8 cm³/mol. The molecule has 0 aliphatic carbocycles. The lowest BCUT2D eigenvalue weighted by Gasteiger charge is -2.19. The summed E-state index contributed by atoms with van der Waals surface area (Å²) in [4.78, 5) is 25.8. The van der Waals surface area contributed by atoms with Crippen LogP contribution in [0.25, 0.3) is 0 Å². The van der Waals surface area contributed by atoms with E-state index in [9.17, 15) is 9.59 Å². The maximum Gasteiger partial charge on any atom is 0.243 e. The highest BCUT2D eigenvalue weighted by Gasteiger charge is 2.19. The van der Waals surface area contributed by atoms with E-state index in [-0.39, 0.29) is 18.4 Å². The molecule has 1 heterocycles. The van der Waals surface area contributed by atoms with Crippen molar-refractivity contribution in [3.63, 3.8) is 0 Å². The molecule has 25 heavy (non-hydrogen) atoms. The van der Waals surface area contributed by atoms with Gasteiger partial charge >= 0.3 is 0 Å². The van der Waals surface area contributed by atoms with Gasteiger partial charge in [0.1, 0.15) is 0 Å². The van der Waals surface area contributed by atoms with Crippen LogP contribution in [0.15, 0.2) is 54.6 Å². The summed E-state index contributed by atoms with van der Waals surface area (Å²) < 4.78 is 0. The normalized spacial score (nSPS) is 14.7. The fourth-order valence-corrected chi connectivity index (χ4v) is 2.90. The van der Waals surface area contributed by atoms with Crippen LogP contribution in [0.1, 0.15) is 25.7 Å². The third kappa shape index (κ3) is 5.08. The number of hydrogen-bond acceptors (Lipinski definition) is 3. The van der Waals surface area contributed by atoms with Gasteiger partial charge in [-0.05, 0) is 49.2 Å². The molecule has 0 spiro atoms. The largest absolute Gasteiger partial charge is 0.356 e. The lowest BCUT2D eigenvalue weighted by atomic mass is 10.2. The zero-order valence-corrected chi connectivity index (χ0v) is 14.2. The van der Waals surface area contributed by atoms with Crippen molar-refractivity contribution >= 4 is 28.9 Å². The molecule has 2 aromatic carbocycles. The highest BCUT2D eigenvalue weighted by molar-refractivity contribution is 5.94. The molecule has 1 fully saturated rings. The van der Waals surface area contributed by atoms with Gasteiger partial charge in [-0.1, -0.05) is 24.6 Å². The number of likely N-dealkylation sites (tertiary alicyclic amines) is 1. The molecule has 0 bridgehead atoms. The van der Waals surface area contributed by atoms with Crippen LogP contribution >= 0.6 is 0 Å². The lowest BCUT2D eigenvalue weighted by Crippen LogP contribution is -2.37. The zero-order chi connectivity index (χ0) is 17.5. The SMILES string of the molecule is O=C(CN1CCCCCC1=O)Nc1ccc(Nc2ccccc2)cc1. The molecule has 5 heteroatoms. The summed E-state index contributed by atoms with van der Waals surface area (Å²) in [6.07, 6.45) is 3.50. The van der Waals surface area contributed by atoms with Crippen LogP contribution in [-0.2, 0) is 9.59 Å². The number of nitrogens with zero attached hydrogens (tertiary/aromatic N) is 1. The third-order valence-corrected chi connectivity index (χ3v) is 4.24. The summed E-state index contributed by atoms with van der Waals surface area (Å²) in [5.41, 5.74) is 2.69. The summed E-state index contributed by atoms with van der Waals surface area (Å²) in [6.45, 7) is 0.801. The highest BCUT2D eigenvalue weighted by atomic mass is 16.2. The van der Waals surface area contributed by atoms with Gasteiger partial charge in [0.2, 0.25) is 11.8 Å². The van der Waals surface area contributed by atoms with Gasteiger partial charge in [-0.15, -0.1) is 0 Å². The Bertz CT molecular complexity index is 713. The summed E-state index contributed by atoms with van der Waals surface area (Å²) in [6, 6.07) is 17.4. The number of para-hydroxylation sites is 1. The smallest absolute Gasteiger partial charge is 0.243 e. The molecule has 0 atom stereocenters. The van der Waals surface area contributed by atoms with E-state index in [2.05, 4.69) is 10.6 Å². The third-order valence-electron chi connectivity index (χ3n) is 4.24. The molecule has 2 N–H and O–H groups in total. The number of carbonyl (C=O) groups excluding carboxylic acids is 2. The van der Waals surface area contributed by atoms with Crippen molar-refractivity contribution in [1.29, 1.82) is 0 Å². The van der Waals surface area contributed by atoms with Crippen LogP contribution in [0, 0.1) is 0 Å². The molecule has 1 aliphatic heterocycles. The van der Waals surface area contributed by atoms with Gasteiger partial charge in [-0.2, -0.15) is 0 Å². The van der Waals surface area contributed by atoms with E-state index < -0.39 is 0 Å². The van der Waals surface area contributed by atoms with Crippen LogP contribution in [0.3, 0.4) is 0 Å². The maximum absolute atomic E-state index is 12.2. The maximum atomic E-state index is 12.2. The van der Waals surface area contributed by atoms with Crippen LogP contribution in [0.5, 0.6) is 0 Å². The number of hydrogen-bond donors (Lipinski definition) is 2. The van der Waals surface area contributed by atoms with Crippen LogP contribution < -0.4 is 10.6 Å². The fourth-order valence-electron chi connectivity index (χ4n) is 2.90. The molecule has 1 aliphatic rings. The van der Waals surface area contributed by atoms with E-state index in [1.54, 1.807) is 4.90 Å². The minimum Gasteiger partial charge on any atom is -0.356 e. The van der Waals surface area contributed by atoms with E-state index in [4.69, 9.17) is 0 Å². The second-order valence-electron chi connectivity index (χ2n) is 6.24. The van der Waals surface area contributed by atoms with Crippen LogP contribution in [0.2, 0.25) is 0 Å². The zero-order valence-electron chi connectivity index (χ0n) is 14.2. The standard InChI is InChI=1S/C20H23N3O2/c24-19(15-23-14-6-2-5-9-20(23)25)22-18-12-10-17(11-13-18)21-16-7-3-1-4-8-16/h1,3-4,7-8,10-13,21H,2,5-6,9,14-15H2,(H,22,24). The lowest BCUT2D eigenvalue weighted by molar-refractivity contribution is -0.134. The summed E-state index contributed by atoms with van der Waals surface area (Å²) in [5, 5.41) is 6.16. The van der Waals surface area contributed by atoms with Gasteiger partial charge in [-0.3, -0.25) is 9.59 Å². The molecule has 5 nitrogen and oxygen atoms in total. The predicted octanol–water partition coefficient (Wildman–Crippen LogP) is 3.77. The average molecular weight is 337 g/mol. The van der Waals surface area contributed by atoms with E-state index in [0.29, 0.717) is 13.0 Å². The molecule has 2 amide bonds. The summed E-state index contributed by atoms with van der Waals surface area (Å²) in [5.74, 6) is -0.0749. The first-order chi connectivity index (χ1) is 12.2. The average Bonchev–Trinajstić information content (AvgIpc) is 2.82. The van der Waals surface area contributed by atoms with Crippen molar-refractivity contribution in [3.05, 3.63) is 54.6 Å². The first-order valence-corrected chi connectivity index (χ1v) is 8.70. The number of rotatable bonds is 5. The van der Waals surface area contributed by atoms with Crippen molar-refractivity contribution in [2.24, 2.45) is 0 Å². The molecule has 0 radical (unpaired) electrons. The van der Waals surface area contributed by atoms with Crippen molar-refractivity contribution in [3.8, 4) is 0 Å². The fraction of sp³-hybridized carbons (Fsp3) is 0.300. The van der Waals surface area contributed by atoms with Gasteiger partial charge in [0.05, 0.1) is 6.54 Å². The van der Waals surface area contributed by atoms with E-state index in [0.717, 1.165) is 36.3 Å². The number of amides is 2. The Balaban J connectivity index is 1.54. The van der Waals surface area contributed by atoms with Gasteiger partial charge in [0.25, 0.3) is 0 Å². The second-order valence-corrected chi connectivity index (χ2v) is 6.24. The first-order valence-electron chi connectivity index (χ1n) is 8.70. The molecular formula is C20H23N3O2. The molecule has 0 unspecified atom stereocenters. The molecule has 1 saturated heterocycles. The van der Waals surface area contributed by atoms with Gasteiger partial charge < -0.3 is 15.5 Å². The Kier molecular flexibility index (Phi) is 5.67. The van der Waals surface area contributed by atoms with Crippen molar-refractivity contribution in [1.82, 2.24) is 4.90 Å². The molecule has 3 rings (SSSR count). The molecule has 2 aromatic rings. The van der Waals surface area contributed by atoms with Gasteiger partial charge in [-0.25, -0.2) is 0 Å². The number of carbonyl (C=O) groups is 2. The summed E-state index contributed by atoms with van der Waals surface area (Å²) >= 11 is 0. The molecular weight excluding hydrogens is 314 g/mol. The number of anilines is 3. The monoisotopic (exact) mass is 337 g/mol. The second kappa shape index (κ2) is 8.33. The first kappa shape index (κ1) is 17.0. The molecule has 0 aromatic heterocycles. The van der Waals surface area contributed by atoms with Crippen molar-refractivity contribution in [2.75, 3.05) is 23.7 Å². The van der Waals surface area contributed by atoms with Crippen LogP contribution in [-0.4, -0.2) is 29.8 Å². The number of benzene rings is 2. The Hall–Kier alpha value is -2.82. The quantitative estimate of drug-likeness (QED) is 0.873. The van der Waals surface area contributed by atoms with Crippen LogP contribution in [0.4, 0.5) is 17.1 Å². The van der Waals surface area contributed by atoms with Crippen molar-refractivity contribution < 1.29 is 9.59 Å².